The zero-order valence-corrected chi connectivity index (χ0v) is 15.1. The van der Waals surface area contributed by atoms with E-state index in [0.717, 1.165) is 11.1 Å². The Kier molecular flexibility index (Phi) is 5.85. The summed E-state index contributed by atoms with van der Waals surface area (Å²) in [5.74, 6) is 1.23. The van der Waals surface area contributed by atoms with Gasteiger partial charge in [0.05, 0.1) is 25.2 Å². The molecule has 6 heteroatoms. The summed E-state index contributed by atoms with van der Waals surface area (Å²) in [6, 6.07) is 12.1. The zero-order valence-electron chi connectivity index (χ0n) is 14.3. The van der Waals surface area contributed by atoms with E-state index in [0.29, 0.717) is 17.9 Å². The third-order valence-corrected chi connectivity index (χ3v) is 5.00. The van der Waals surface area contributed by atoms with Gasteiger partial charge in [-0.05, 0) is 50.1 Å². The molecule has 0 saturated heterocycles. The highest BCUT2D eigenvalue weighted by atomic mass is 32.2. The molecule has 0 saturated carbocycles. The summed E-state index contributed by atoms with van der Waals surface area (Å²) in [7, 11) is -0.655. The quantitative estimate of drug-likeness (QED) is 0.717. The third kappa shape index (κ3) is 4.49. The van der Waals surface area contributed by atoms with E-state index < -0.39 is 16.2 Å². The maximum atomic E-state index is 12.3. The smallest absolute Gasteiger partial charge is 0.297 e. The lowest BCUT2D eigenvalue weighted by Gasteiger charge is -2.15. The number of aryl methyl sites for hydroxylation is 1. The van der Waals surface area contributed by atoms with Gasteiger partial charge < -0.3 is 9.47 Å². The van der Waals surface area contributed by atoms with Gasteiger partial charge in [0, 0.05) is 0 Å². The summed E-state index contributed by atoms with van der Waals surface area (Å²) < 4.78 is 40.3. The van der Waals surface area contributed by atoms with Crippen LogP contribution in [0.3, 0.4) is 0 Å². The van der Waals surface area contributed by atoms with Crippen molar-refractivity contribution in [1.82, 2.24) is 0 Å². The molecule has 130 valence electrons. The number of hydrogen-bond acceptors (Lipinski definition) is 5. The fourth-order valence-corrected chi connectivity index (χ4v) is 3.43. The van der Waals surface area contributed by atoms with Gasteiger partial charge in [-0.15, -0.1) is 0 Å². The molecule has 0 aromatic heterocycles. The number of ether oxygens (including phenoxy) is 2. The highest BCUT2D eigenvalue weighted by Gasteiger charge is 2.19. The van der Waals surface area contributed by atoms with Crippen LogP contribution in [0.5, 0.6) is 11.5 Å². The fraction of sp³-hybridized carbons (Fsp3) is 0.333. The second-order valence-electron chi connectivity index (χ2n) is 5.57. The maximum absolute atomic E-state index is 12.3. The molecule has 0 aliphatic rings. The van der Waals surface area contributed by atoms with Gasteiger partial charge in [0.2, 0.25) is 0 Å². The first-order valence-corrected chi connectivity index (χ1v) is 8.97. The molecule has 24 heavy (non-hydrogen) atoms. The summed E-state index contributed by atoms with van der Waals surface area (Å²) in [4.78, 5) is 0.160. The first kappa shape index (κ1) is 18.3. The fourth-order valence-electron chi connectivity index (χ4n) is 2.35. The van der Waals surface area contributed by atoms with E-state index >= 15 is 0 Å². The minimum atomic E-state index is -3.78. The number of rotatable bonds is 7. The summed E-state index contributed by atoms with van der Waals surface area (Å²) in [5.41, 5.74) is 1.89. The van der Waals surface area contributed by atoms with Crippen LogP contribution in [0.25, 0.3) is 0 Å². The second kappa shape index (κ2) is 7.68. The average molecular weight is 350 g/mol. The molecular weight excluding hydrogens is 328 g/mol. The Morgan fingerprint density at radius 3 is 2.17 bits per heavy atom. The van der Waals surface area contributed by atoms with Crippen LogP contribution in [0.1, 0.15) is 18.1 Å². The lowest BCUT2D eigenvalue weighted by atomic mass is 10.1. The van der Waals surface area contributed by atoms with Gasteiger partial charge in [0.1, 0.15) is 0 Å². The summed E-state index contributed by atoms with van der Waals surface area (Å²) in [6.07, 6.45) is -0.0692. The van der Waals surface area contributed by atoms with Crippen molar-refractivity contribution in [1.29, 1.82) is 0 Å². The minimum Gasteiger partial charge on any atom is -0.493 e. The molecule has 1 atom stereocenters. The van der Waals surface area contributed by atoms with Gasteiger partial charge in [-0.3, -0.25) is 4.18 Å². The van der Waals surface area contributed by atoms with Gasteiger partial charge in [0.15, 0.2) is 11.5 Å². The van der Waals surface area contributed by atoms with Gasteiger partial charge >= 0.3 is 0 Å². The largest absolute Gasteiger partial charge is 0.493 e. The summed E-state index contributed by atoms with van der Waals surface area (Å²) >= 11 is 0. The molecule has 0 spiro atoms. The Bertz CT molecular complexity index is 782. The van der Waals surface area contributed by atoms with Crippen LogP contribution >= 0.6 is 0 Å². The van der Waals surface area contributed by atoms with Crippen LogP contribution in [0.15, 0.2) is 47.4 Å². The SMILES string of the molecule is COc1ccc(CC(C)OS(=O)(=O)c2ccc(C)cc2)cc1OC. The van der Waals surface area contributed by atoms with E-state index in [9.17, 15) is 8.42 Å². The normalized spacial score (nSPS) is 12.7. The average Bonchev–Trinajstić information content (AvgIpc) is 2.54. The second-order valence-corrected chi connectivity index (χ2v) is 7.14. The molecule has 2 aromatic rings. The number of hydrogen-bond donors (Lipinski definition) is 0. The van der Waals surface area contributed by atoms with Crippen molar-refractivity contribution in [3.8, 4) is 11.5 Å². The number of benzene rings is 2. The van der Waals surface area contributed by atoms with E-state index in [1.165, 1.54) is 0 Å². The van der Waals surface area contributed by atoms with Crippen LogP contribution in [0.4, 0.5) is 0 Å². The molecule has 0 aliphatic carbocycles. The zero-order chi connectivity index (χ0) is 17.7. The van der Waals surface area contributed by atoms with E-state index in [2.05, 4.69) is 0 Å². The van der Waals surface area contributed by atoms with Crippen molar-refractivity contribution in [2.45, 2.75) is 31.3 Å². The van der Waals surface area contributed by atoms with Crippen LogP contribution in [0.2, 0.25) is 0 Å². The van der Waals surface area contributed by atoms with Crippen molar-refractivity contribution in [3.63, 3.8) is 0 Å². The summed E-state index contributed by atoms with van der Waals surface area (Å²) in [5, 5.41) is 0. The lowest BCUT2D eigenvalue weighted by Crippen LogP contribution is -2.18. The van der Waals surface area contributed by atoms with Crippen molar-refractivity contribution < 1.29 is 22.1 Å². The van der Waals surface area contributed by atoms with Crippen molar-refractivity contribution in [2.24, 2.45) is 0 Å². The number of methoxy groups -OCH3 is 2. The third-order valence-electron chi connectivity index (χ3n) is 3.57. The standard InChI is InChI=1S/C18H22O5S/c1-13-5-8-16(9-6-13)24(19,20)23-14(2)11-15-7-10-17(21-3)18(12-15)22-4/h5-10,12,14H,11H2,1-4H3. The molecule has 5 nitrogen and oxygen atoms in total. The van der Waals surface area contributed by atoms with Crippen molar-refractivity contribution in [3.05, 3.63) is 53.6 Å². The Morgan fingerprint density at radius 2 is 1.58 bits per heavy atom. The van der Waals surface area contributed by atoms with Gasteiger partial charge in [-0.1, -0.05) is 23.8 Å². The van der Waals surface area contributed by atoms with Crippen LogP contribution in [-0.2, 0) is 20.7 Å². The molecule has 0 aliphatic heterocycles. The van der Waals surface area contributed by atoms with Gasteiger partial charge in [0.25, 0.3) is 10.1 Å². The predicted molar refractivity (Wildman–Crippen MR) is 92.2 cm³/mol. The van der Waals surface area contributed by atoms with E-state index in [1.54, 1.807) is 51.5 Å². The molecule has 1 unspecified atom stereocenters. The molecule has 0 radical (unpaired) electrons. The highest BCUT2D eigenvalue weighted by Crippen LogP contribution is 2.28. The van der Waals surface area contributed by atoms with E-state index in [4.69, 9.17) is 13.7 Å². The molecule has 0 N–H and O–H groups in total. The van der Waals surface area contributed by atoms with Crippen molar-refractivity contribution >= 4 is 10.1 Å². The maximum Gasteiger partial charge on any atom is 0.297 e. The molecule has 0 amide bonds. The van der Waals surface area contributed by atoms with Crippen LogP contribution < -0.4 is 9.47 Å². The molecular formula is C18H22O5S. The van der Waals surface area contributed by atoms with Gasteiger partial charge in [-0.2, -0.15) is 8.42 Å². The van der Waals surface area contributed by atoms with Crippen LogP contribution in [0, 0.1) is 6.92 Å². The molecule has 2 aromatic carbocycles. The monoisotopic (exact) mass is 350 g/mol. The molecule has 0 heterocycles. The first-order valence-electron chi connectivity index (χ1n) is 7.56. The topological polar surface area (TPSA) is 61.8 Å². The summed E-state index contributed by atoms with van der Waals surface area (Å²) in [6.45, 7) is 3.62. The lowest BCUT2D eigenvalue weighted by molar-refractivity contribution is 0.229. The predicted octanol–water partition coefficient (Wildman–Crippen LogP) is 3.35. The highest BCUT2D eigenvalue weighted by molar-refractivity contribution is 7.86. The Balaban J connectivity index is 2.10. The van der Waals surface area contributed by atoms with E-state index in [-0.39, 0.29) is 4.90 Å². The van der Waals surface area contributed by atoms with Crippen molar-refractivity contribution in [2.75, 3.05) is 14.2 Å². The Morgan fingerprint density at radius 1 is 0.958 bits per heavy atom. The Hall–Kier alpha value is -2.05. The molecule has 0 bridgehead atoms. The van der Waals surface area contributed by atoms with Gasteiger partial charge in [-0.25, -0.2) is 0 Å². The van der Waals surface area contributed by atoms with E-state index in [1.807, 2.05) is 19.1 Å². The first-order chi connectivity index (χ1) is 11.4. The molecule has 2 rings (SSSR count). The molecule has 0 fully saturated rings. The Labute approximate surface area is 143 Å². The minimum absolute atomic E-state index is 0.160. The van der Waals surface area contributed by atoms with Crippen LogP contribution in [-0.4, -0.2) is 28.7 Å².